The maximum Gasteiger partial charge on any atom is 0.307 e. The highest BCUT2D eigenvalue weighted by molar-refractivity contribution is 9.10. The van der Waals surface area contributed by atoms with Crippen molar-refractivity contribution in [2.75, 3.05) is 17.7 Å². The van der Waals surface area contributed by atoms with Crippen LogP contribution in [0.25, 0.3) is 0 Å². The molecular formula is C21H24BrNO5S. The van der Waals surface area contributed by atoms with Gasteiger partial charge in [-0.3, -0.25) is 9.59 Å². The zero-order chi connectivity index (χ0) is 21.6. The van der Waals surface area contributed by atoms with E-state index in [0.717, 1.165) is 27.6 Å². The Morgan fingerprint density at radius 1 is 1.07 bits per heavy atom. The van der Waals surface area contributed by atoms with E-state index in [4.69, 9.17) is 4.74 Å². The Kier molecular flexibility index (Phi) is 7.98. The van der Waals surface area contributed by atoms with Crippen LogP contribution in [-0.2, 0) is 30.6 Å². The molecule has 29 heavy (non-hydrogen) atoms. The van der Waals surface area contributed by atoms with Crippen LogP contribution in [0.15, 0.2) is 45.8 Å². The fourth-order valence-corrected chi connectivity index (χ4v) is 4.34. The van der Waals surface area contributed by atoms with Gasteiger partial charge in [0.25, 0.3) is 5.91 Å². The van der Waals surface area contributed by atoms with Crippen molar-refractivity contribution < 1.29 is 22.7 Å². The van der Waals surface area contributed by atoms with Gasteiger partial charge in [0.2, 0.25) is 0 Å². The molecule has 0 fully saturated rings. The number of carbonyl (C=O) groups is 2. The number of nitrogens with one attached hydrogen (secondary N) is 1. The third kappa shape index (κ3) is 6.68. The molecule has 0 aliphatic heterocycles. The predicted molar refractivity (Wildman–Crippen MR) is 116 cm³/mol. The molecule has 0 aliphatic carbocycles. The summed E-state index contributed by atoms with van der Waals surface area (Å²) in [5, 5.41) is 2.70. The Labute approximate surface area is 179 Å². The number of hydrogen-bond acceptors (Lipinski definition) is 5. The summed E-state index contributed by atoms with van der Waals surface area (Å²) >= 11 is 3.38. The van der Waals surface area contributed by atoms with Crippen molar-refractivity contribution in [3.05, 3.63) is 57.6 Å². The molecule has 2 aromatic carbocycles. The molecule has 1 N–H and O–H groups in total. The van der Waals surface area contributed by atoms with Crippen LogP contribution < -0.4 is 5.32 Å². The average Bonchev–Trinajstić information content (AvgIpc) is 2.68. The van der Waals surface area contributed by atoms with Crippen LogP contribution in [0.4, 0.5) is 5.69 Å². The molecule has 2 aromatic rings. The Balaban J connectivity index is 1.86. The molecule has 0 saturated carbocycles. The van der Waals surface area contributed by atoms with E-state index in [-0.39, 0.29) is 17.1 Å². The van der Waals surface area contributed by atoms with Crippen molar-refractivity contribution in [2.45, 2.75) is 38.5 Å². The van der Waals surface area contributed by atoms with Crippen LogP contribution in [-0.4, -0.2) is 32.7 Å². The summed E-state index contributed by atoms with van der Waals surface area (Å²) in [6, 6.07) is 10.3. The molecule has 0 aliphatic rings. The summed E-state index contributed by atoms with van der Waals surface area (Å²) in [5.41, 5.74) is 3.45. The molecule has 6 nitrogen and oxygen atoms in total. The summed E-state index contributed by atoms with van der Waals surface area (Å²) in [5.74, 6) is -1.59. The number of benzene rings is 2. The van der Waals surface area contributed by atoms with Crippen molar-refractivity contribution in [3.63, 3.8) is 0 Å². The van der Waals surface area contributed by atoms with Gasteiger partial charge >= 0.3 is 5.97 Å². The summed E-state index contributed by atoms with van der Waals surface area (Å²) < 4.78 is 30.6. The molecule has 0 saturated heterocycles. The fraction of sp³-hybridized carbons (Fsp3) is 0.333. The minimum Gasteiger partial charge on any atom is -0.456 e. The topological polar surface area (TPSA) is 89.5 Å². The number of halogens is 1. The second-order valence-electron chi connectivity index (χ2n) is 6.68. The molecule has 156 valence electrons. The highest BCUT2D eigenvalue weighted by Gasteiger charge is 2.18. The van der Waals surface area contributed by atoms with Crippen LogP contribution in [0.1, 0.15) is 30.0 Å². The fourth-order valence-electron chi connectivity index (χ4n) is 2.62. The van der Waals surface area contributed by atoms with E-state index in [9.17, 15) is 18.0 Å². The van der Waals surface area contributed by atoms with Gasteiger partial charge in [-0.2, -0.15) is 0 Å². The lowest BCUT2D eigenvalue weighted by molar-refractivity contribution is -0.146. The molecule has 0 unspecified atom stereocenters. The lowest BCUT2D eigenvalue weighted by Crippen LogP contribution is -2.22. The van der Waals surface area contributed by atoms with Crippen LogP contribution in [0.2, 0.25) is 0 Å². The summed E-state index contributed by atoms with van der Waals surface area (Å²) in [6.45, 7) is 5.22. The van der Waals surface area contributed by atoms with E-state index in [1.165, 1.54) is 6.07 Å². The maximum absolute atomic E-state index is 12.4. The van der Waals surface area contributed by atoms with E-state index in [2.05, 4.69) is 21.2 Å². The number of esters is 1. The number of aryl methyl sites for hydroxylation is 3. The van der Waals surface area contributed by atoms with Crippen molar-refractivity contribution >= 4 is 43.3 Å². The molecule has 0 spiro atoms. The number of sulfone groups is 1. The third-order valence-electron chi connectivity index (χ3n) is 4.50. The Morgan fingerprint density at radius 3 is 2.45 bits per heavy atom. The first-order chi connectivity index (χ1) is 13.6. The van der Waals surface area contributed by atoms with E-state index in [0.29, 0.717) is 5.69 Å². The highest BCUT2D eigenvalue weighted by atomic mass is 79.9. The SMILES string of the molecule is CCc1cc(Br)ccc1NC(=O)COC(=O)CCS(=O)(=O)c1ccc(C)c(C)c1. The van der Waals surface area contributed by atoms with Crippen LogP contribution in [0, 0.1) is 13.8 Å². The van der Waals surface area contributed by atoms with E-state index < -0.39 is 28.3 Å². The molecular weight excluding hydrogens is 458 g/mol. The smallest absolute Gasteiger partial charge is 0.307 e. The van der Waals surface area contributed by atoms with Crippen molar-refractivity contribution in [3.8, 4) is 0 Å². The first-order valence-electron chi connectivity index (χ1n) is 9.16. The van der Waals surface area contributed by atoms with Crippen LogP contribution in [0.5, 0.6) is 0 Å². The number of carbonyl (C=O) groups excluding carboxylic acids is 2. The molecule has 0 heterocycles. The Hall–Kier alpha value is -2.19. The second kappa shape index (κ2) is 10.0. The molecule has 1 amide bonds. The van der Waals surface area contributed by atoms with Crippen LogP contribution >= 0.6 is 15.9 Å². The highest BCUT2D eigenvalue weighted by Crippen LogP contribution is 2.21. The summed E-state index contributed by atoms with van der Waals surface area (Å²) in [7, 11) is -3.60. The van der Waals surface area contributed by atoms with E-state index in [1.54, 1.807) is 24.3 Å². The van der Waals surface area contributed by atoms with Gasteiger partial charge < -0.3 is 10.1 Å². The van der Waals surface area contributed by atoms with E-state index >= 15 is 0 Å². The maximum atomic E-state index is 12.4. The van der Waals surface area contributed by atoms with Crippen molar-refractivity contribution in [1.82, 2.24) is 0 Å². The molecule has 0 radical (unpaired) electrons. The van der Waals surface area contributed by atoms with Gasteiger partial charge in [0, 0.05) is 10.2 Å². The third-order valence-corrected chi connectivity index (χ3v) is 6.71. The minimum atomic E-state index is -3.60. The van der Waals surface area contributed by atoms with Crippen LogP contribution in [0.3, 0.4) is 0 Å². The monoisotopic (exact) mass is 481 g/mol. The van der Waals surface area contributed by atoms with Gasteiger partial charge in [-0.15, -0.1) is 0 Å². The Bertz CT molecular complexity index is 1020. The lowest BCUT2D eigenvalue weighted by Gasteiger charge is -2.11. The zero-order valence-electron chi connectivity index (χ0n) is 16.6. The standard InChI is InChI=1S/C21H24BrNO5S/c1-4-16-12-17(22)6-8-19(16)23-20(24)13-28-21(25)9-10-29(26,27)18-7-5-14(2)15(3)11-18/h5-8,11-12H,4,9-10,13H2,1-3H3,(H,23,24). The predicted octanol–water partition coefficient (Wildman–Crippen LogP) is 3.97. The second-order valence-corrected chi connectivity index (χ2v) is 9.70. The molecule has 0 bridgehead atoms. The molecule has 8 heteroatoms. The Morgan fingerprint density at radius 2 is 1.79 bits per heavy atom. The van der Waals surface area contributed by atoms with Crippen molar-refractivity contribution in [1.29, 1.82) is 0 Å². The molecule has 0 atom stereocenters. The van der Waals surface area contributed by atoms with Gasteiger partial charge in [-0.25, -0.2) is 8.42 Å². The molecule has 2 rings (SSSR count). The van der Waals surface area contributed by atoms with Gasteiger partial charge in [0.1, 0.15) is 0 Å². The van der Waals surface area contributed by atoms with Gasteiger partial charge in [-0.05, 0) is 67.3 Å². The van der Waals surface area contributed by atoms with Gasteiger partial charge in [0.05, 0.1) is 17.1 Å². The summed E-state index contributed by atoms with van der Waals surface area (Å²) in [6.07, 6.45) is 0.409. The van der Waals surface area contributed by atoms with Gasteiger partial charge in [-0.1, -0.05) is 28.9 Å². The lowest BCUT2D eigenvalue weighted by atomic mass is 10.1. The number of ether oxygens (including phenoxy) is 1. The first kappa shape index (κ1) is 23.1. The van der Waals surface area contributed by atoms with E-state index in [1.807, 2.05) is 26.8 Å². The number of anilines is 1. The number of rotatable bonds is 8. The number of amides is 1. The summed E-state index contributed by atoms with van der Waals surface area (Å²) in [4.78, 5) is 24.1. The zero-order valence-corrected chi connectivity index (χ0v) is 19.0. The quantitative estimate of drug-likeness (QED) is 0.575. The van der Waals surface area contributed by atoms with Crippen molar-refractivity contribution in [2.24, 2.45) is 0 Å². The van der Waals surface area contributed by atoms with Gasteiger partial charge in [0.15, 0.2) is 16.4 Å². The molecule has 0 aromatic heterocycles. The normalized spacial score (nSPS) is 11.2. The minimum absolute atomic E-state index is 0.175. The average molecular weight is 482 g/mol. The number of hydrogen-bond donors (Lipinski definition) is 1. The largest absolute Gasteiger partial charge is 0.456 e. The first-order valence-corrected chi connectivity index (χ1v) is 11.6.